The van der Waals surface area contributed by atoms with Gasteiger partial charge in [0.05, 0.1) is 69.0 Å². The SMILES string of the molecule is CC(/C=C/c1ccc(Br)cc1)=C\[C@H](O)[C@@H]1CC(=O)N[C@@H](CO)C(=O)N[C@@H]2Cn3cnc(c3)C[C@H](NC(=O)C[C@H](O)CC(C(=O)O)NC(=O)CCNC(=O)C([C@@H](C)c3ccc(Br)cc3)NC(=O)C([C@@H](O)C(N)=O)NC(=O)[C@H](CC(N)=O)NC2=O)C(=O)N[C@@H]([C@H](C)O)C(=O)NC(CO)C(=O)N[C@@H](Cc2ccccc2)C(=O)N1. The van der Waals surface area contributed by atoms with Gasteiger partial charge in [-0.05, 0) is 54.8 Å². The summed E-state index contributed by atoms with van der Waals surface area (Å²) in [6.07, 6.45) is -7.49. The van der Waals surface area contributed by atoms with Crippen LogP contribution in [0.25, 0.3) is 6.08 Å². The minimum Gasteiger partial charge on any atom is -0.480 e. The van der Waals surface area contributed by atoms with E-state index in [1.54, 1.807) is 85.8 Å². The van der Waals surface area contributed by atoms with Gasteiger partial charge in [-0.3, -0.25) is 67.1 Å². The Hall–Kier alpha value is -10.9. The zero-order chi connectivity index (χ0) is 81.2. The summed E-state index contributed by atoms with van der Waals surface area (Å²) in [5, 5.41) is 105. The van der Waals surface area contributed by atoms with Crippen molar-refractivity contribution >= 4 is 127 Å². The Balaban J connectivity index is 1.50. The number of aromatic nitrogens is 2. The Kier molecular flexibility index (Phi) is 33.8. The number of hydrogen-bond donors (Lipinski definition) is 21. The van der Waals surface area contributed by atoms with Gasteiger partial charge in [-0.2, -0.15) is 0 Å². The number of amides is 14. The van der Waals surface area contributed by atoms with E-state index in [0.717, 1.165) is 28.5 Å². The summed E-state index contributed by atoms with van der Waals surface area (Å²) in [6.45, 7) is 0.137. The number of nitrogens with two attached hydrogens (primary N) is 2. The van der Waals surface area contributed by atoms with Crippen molar-refractivity contribution in [2.75, 3.05) is 19.8 Å². The molecule has 3 aromatic carbocycles. The van der Waals surface area contributed by atoms with E-state index in [1.165, 1.54) is 25.1 Å². The molecule has 14 amide bonds. The van der Waals surface area contributed by atoms with Crippen molar-refractivity contribution in [3.8, 4) is 0 Å². The predicted octanol–water partition coefficient (Wildman–Crippen LogP) is -6.41. The van der Waals surface area contributed by atoms with Gasteiger partial charge in [-0.25, -0.2) is 9.78 Å². The standard InChI is InChI=1S/C70H88Br2N16O22/c1-33(9-10-36-11-15-39(71)16-12-36)21-51(93)43-27-55(97)79-49(30-89)65(104)83-48-29-88-28-41(76-32-88)23-45(62(101)86-57(35(3)91)68(107)84-50(31-90)66(105)81-44(61(100)80-43)22-37-7-5-4-6-8-37)77-54(96)25-42(92)24-47(70(109)110)78-53(95)19-20-75-67(106)56(34(2)38-13-17-40(72)18-14-38)85-69(108)58(59(98)60(74)99)87-63(102)46(26-52(73)94)82-64(48)103/h4-18,21,28,32,34-35,42-51,56-59,89-93,98H,19-20,22-27,29-31H2,1-3H3,(H2,73,94)(H2,74,99)(H,75,106)(H,77,96)(H,78,95)(H,79,97)(H,80,100)(H,81,105)(H,82,103)(H,83,104)(H,84,107)(H,85,108)(H,86,101)(H,87,102)(H,109,110)/b10-9+,33-21+/t34-,35-,42+,43-,44-,45-,46-,47?,48+,49-,50?,51-,56?,57-,58?,59+/m0/s1. The molecule has 16 atom stereocenters. The molecule has 4 bridgehead atoms. The quantitative estimate of drug-likeness (QED) is 0.0464. The highest BCUT2D eigenvalue weighted by Gasteiger charge is 2.41. The molecule has 0 saturated carbocycles. The van der Waals surface area contributed by atoms with Crippen molar-refractivity contribution < 1.29 is 108 Å². The molecule has 0 saturated heterocycles. The van der Waals surface area contributed by atoms with Crippen molar-refractivity contribution in [3.05, 3.63) is 140 Å². The summed E-state index contributed by atoms with van der Waals surface area (Å²) < 4.78 is 2.41. The van der Waals surface area contributed by atoms with Crippen LogP contribution >= 0.6 is 31.9 Å². The van der Waals surface area contributed by atoms with Gasteiger partial charge in [0.25, 0.3) is 0 Å². The average Bonchev–Trinajstić information content (AvgIpc) is 1.10. The highest BCUT2D eigenvalue weighted by Crippen LogP contribution is 2.23. The molecule has 2 aliphatic rings. The number of rotatable bonds is 16. The Labute approximate surface area is 645 Å². The lowest BCUT2D eigenvalue weighted by Gasteiger charge is -2.29. The van der Waals surface area contributed by atoms with E-state index >= 15 is 0 Å². The van der Waals surface area contributed by atoms with Crippen LogP contribution in [-0.2, 0) is 91.3 Å². The van der Waals surface area contributed by atoms with Gasteiger partial charge >= 0.3 is 5.97 Å². The first kappa shape index (κ1) is 88.0. The van der Waals surface area contributed by atoms with Crippen LogP contribution in [0, 0.1) is 0 Å². The summed E-state index contributed by atoms with van der Waals surface area (Å²) in [6, 6.07) is -0.772. The van der Waals surface area contributed by atoms with Crippen LogP contribution in [-0.4, -0.2) is 245 Å². The van der Waals surface area contributed by atoms with Gasteiger partial charge in [-0.1, -0.05) is 117 Å². The summed E-state index contributed by atoms with van der Waals surface area (Å²) >= 11 is 6.67. The number of benzene rings is 3. The van der Waals surface area contributed by atoms with Crippen LogP contribution in [0.2, 0.25) is 0 Å². The molecule has 0 fully saturated rings. The molecule has 2 aliphatic heterocycles. The fourth-order valence-corrected chi connectivity index (χ4v) is 11.8. The highest BCUT2D eigenvalue weighted by atomic mass is 79.9. The zero-order valence-electron chi connectivity index (χ0n) is 59.5. The lowest BCUT2D eigenvalue weighted by atomic mass is 9.92. The first-order chi connectivity index (χ1) is 52.0. The Bertz CT molecular complexity index is 4060. The van der Waals surface area contributed by atoms with Crippen molar-refractivity contribution in [2.24, 2.45) is 11.5 Å². The Morgan fingerprint density at radius 3 is 1.77 bits per heavy atom. The van der Waals surface area contributed by atoms with Crippen LogP contribution in [0.3, 0.4) is 0 Å². The van der Waals surface area contributed by atoms with Gasteiger partial charge in [-0.15, -0.1) is 0 Å². The molecule has 38 nitrogen and oxygen atoms in total. The number of aliphatic hydroxyl groups excluding tert-OH is 6. The molecule has 1 aromatic heterocycles. The third-order valence-corrected chi connectivity index (χ3v) is 18.4. The smallest absolute Gasteiger partial charge is 0.326 e. The summed E-state index contributed by atoms with van der Waals surface area (Å²) in [5.41, 5.74) is 12.7. The second-order valence-electron chi connectivity index (χ2n) is 26.1. The summed E-state index contributed by atoms with van der Waals surface area (Å²) in [5.74, 6) is -21.2. The van der Waals surface area contributed by atoms with E-state index in [0.29, 0.717) is 26.7 Å². The van der Waals surface area contributed by atoms with Gasteiger partial charge in [0, 0.05) is 59.7 Å². The van der Waals surface area contributed by atoms with E-state index in [9.17, 15) is 108 Å². The normalized spacial score (nSPS) is 25.6. The fourth-order valence-electron chi connectivity index (χ4n) is 11.3. The van der Waals surface area contributed by atoms with E-state index in [1.807, 2.05) is 5.32 Å². The average molecular weight is 1670 g/mol. The first-order valence-electron chi connectivity index (χ1n) is 34.3. The van der Waals surface area contributed by atoms with Crippen LogP contribution in [0.1, 0.15) is 81.2 Å². The van der Waals surface area contributed by atoms with Crippen LogP contribution < -0.4 is 75.3 Å². The lowest BCUT2D eigenvalue weighted by Crippen LogP contribution is -2.64. The largest absolute Gasteiger partial charge is 0.480 e. The molecule has 4 aromatic rings. The number of primary amides is 2. The monoisotopic (exact) mass is 1660 g/mol. The van der Waals surface area contributed by atoms with E-state index in [-0.39, 0.29) is 12.1 Å². The van der Waals surface area contributed by atoms with Crippen molar-refractivity contribution in [1.82, 2.24) is 73.4 Å². The number of imidazole rings is 1. The molecule has 4 unspecified atom stereocenters. The molecule has 6 rings (SSSR count). The topological polar surface area (TPSA) is 612 Å². The number of fused-ring (bicyclic) bond motifs is 2. The maximum absolute atomic E-state index is 14.9. The number of nitrogens with one attached hydrogen (secondary N) is 12. The molecule has 0 spiro atoms. The number of halogens is 2. The lowest BCUT2D eigenvalue weighted by molar-refractivity contribution is -0.143. The Morgan fingerprint density at radius 2 is 1.15 bits per heavy atom. The summed E-state index contributed by atoms with van der Waals surface area (Å²) in [4.78, 5) is 215. The first-order valence-corrected chi connectivity index (χ1v) is 35.9. The van der Waals surface area contributed by atoms with Crippen molar-refractivity contribution in [2.45, 2.75) is 169 Å². The predicted molar refractivity (Wildman–Crippen MR) is 393 cm³/mol. The minimum absolute atomic E-state index is 0.206. The molecular weight excluding hydrogens is 1580 g/mol. The molecule has 40 heteroatoms. The zero-order valence-corrected chi connectivity index (χ0v) is 62.6. The summed E-state index contributed by atoms with van der Waals surface area (Å²) in [7, 11) is 0. The van der Waals surface area contributed by atoms with E-state index < -0.39 is 250 Å². The third kappa shape index (κ3) is 27.4. The number of hydrogen-bond acceptors (Lipinski definition) is 22. The highest BCUT2D eigenvalue weighted by molar-refractivity contribution is 9.10. The maximum atomic E-state index is 14.9. The van der Waals surface area contributed by atoms with Gasteiger partial charge in [0.1, 0.15) is 60.4 Å². The van der Waals surface area contributed by atoms with Crippen LogP contribution in [0.5, 0.6) is 0 Å². The van der Waals surface area contributed by atoms with Crippen molar-refractivity contribution in [3.63, 3.8) is 0 Å². The number of allylic oxidation sites excluding steroid dienone is 2. The number of aliphatic hydroxyl groups is 6. The third-order valence-electron chi connectivity index (χ3n) is 17.3. The second-order valence-corrected chi connectivity index (χ2v) is 27.9. The van der Waals surface area contributed by atoms with Gasteiger partial charge < -0.3 is 116 Å². The molecule has 23 N–H and O–H groups in total. The molecule has 3 heterocycles. The van der Waals surface area contributed by atoms with Crippen LogP contribution in [0.15, 0.2) is 118 Å². The molecule has 0 radical (unpaired) electrons. The number of nitrogens with zero attached hydrogens (tertiary/aromatic N) is 2. The van der Waals surface area contributed by atoms with E-state index in [4.69, 9.17) is 11.5 Å². The number of carbonyl (C=O) groups excluding carboxylic acids is 14. The molecule has 594 valence electrons. The Morgan fingerprint density at radius 1 is 0.600 bits per heavy atom. The molecule has 0 aliphatic carbocycles. The number of carbonyl (C=O) groups is 15. The van der Waals surface area contributed by atoms with Crippen molar-refractivity contribution in [1.29, 1.82) is 0 Å². The van der Waals surface area contributed by atoms with Gasteiger partial charge in [0.2, 0.25) is 82.7 Å². The van der Waals surface area contributed by atoms with E-state index in [2.05, 4.69) is 95.3 Å². The fraction of sp³-hybridized carbons (Fsp3) is 0.429. The minimum atomic E-state index is -2.67. The second kappa shape index (κ2) is 42.2. The number of carboxylic acids is 1. The number of aliphatic carboxylic acids is 1. The maximum Gasteiger partial charge on any atom is 0.326 e. The van der Waals surface area contributed by atoms with Gasteiger partial charge in [0.15, 0.2) is 6.10 Å². The molecule has 110 heavy (non-hydrogen) atoms. The molecular formula is C70H88Br2N16O22. The number of carboxylic acid groups (broad SMARTS) is 1. The van der Waals surface area contributed by atoms with Crippen LogP contribution in [0.4, 0.5) is 0 Å².